The second kappa shape index (κ2) is 11.8. The van der Waals surface area contributed by atoms with Gasteiger partial charge in [0.2, 0.25) is 0 Å². The molecule has 3 N–H and O–H groups in total. The van der Waals surface area contributed by atoms with Crippen LogP contribution in [0.3, 0.4) is 0 Å². The summed E-state index contributed by atoms with van der Waals surface area (Å²) in [6.07, 6.45) is 15.9. The van der Waals surface area contributed by atoms with Gasteiger partial charge >= 0.3 is 5.97 Å². The first-order chi connectivity index (χ1) is 13.5. The predicted molar refractivity (Wildman–Crippen MR) is 113 cm³/mol. The molecule has 2 rings (SSSR count). The van der Waals surface area contributed by atoms with Gasteiger partial charge in [0.05, 0.1) is 12.2 Å². The molecule has 0 radical (unpaired) electrons. The van der Waals surface area contributed by atoms with E-state index in [9.17, 15) is 15.0 Å². The lowest BCUT2D eigenvalue weighted by Crippen LogP contribution is -2.20. The number of carboxylic acids is 1. The molecule has 2 aliphatic carbocycles. The Morgan fingerprint density at radius 3 is 2.68 bits per heavy atom. The number of aliphatic carboxylic acids is 1. The summed E-state index contributed by atoms with van der Waals surface area (Å²) in [4.78, 5) is 10.6. The van der Waals surface area contributed by atoms with Crippen molar-refractivity contribution in [2.24, 2.45) is 23.7 Å². The van der Waals surface area contributed by atoms with Gasteiger partial charge in [-0.25, -0.2) is 0 Å². The maximum absolute atomic E-state index is 10.6. The maximum Gasteiger partial charge on any atom is 0.303 e. The Bertz CT molecular complexity index is 539. The van der Waals surface area contributed by atoms with Crippen LogP contribution in [0.5, 0.6) is 0 Å². The lowest BCUT2D eigenvalue weighted by molar-refractivity contribution is -0.137. The molecule has 2 saturated carbocycles. The van der Waals surface area contributed by atoms with Crippen LogP contribution in [-0.4, -0.2) is 33.5 Å². The standard InChI is InChI=1S/C24H40O4/c1-3-5-6-10-18(4-2)22(25)13-12-20-21-15-17(9-7-8-11-24(27)28)14-19(21)16-23(20)26/h9,12-13,18-23,25-26H,3-8,10-11,14-16H2,1-2H3,(H,27,28)/t18?,19-,20-,21+,22+,23-/m1/s1. The van der Waals surface area contributed by atoms with Crippen molar-refractivity contribution in [2.45, 2.75) is 96.7 Å². The van der Waals surface area contributed by atoms with Crippen LogP contribution in [0.25, 0.3) is 0 Å². The highest BCUT2D eigenvalue weighted by Crippen LogP contribution is 2.50. The molecule has 0 saturated heterocycles. The summed E-state index contributed by atoms with van der Waals surface area (Å²) in [6.45, 7) is 4.35. The SMILES string of the molecule is CCCCCC(CC)[C@@H](O)C=C[C@@H]1[C@H]2CC(=CCCCC(=O)O)C[C@@H]2C[C@H]1O. The van der Waals surface area contributed by atoms with Gasteiger partial charge in [0.15, 0.2) is 0 Å². The zero-order chi connectivity index (χ0) is 20.5. The Kier molecular flexibility index (Phi) is 9.73. The highest BCUT2D eigenvalue weighted by molar-refractivity contribution is 5.66. The Labute approximate surface area is 170 Å². The van der Waals surface area contributed by atoms with Gasteiger partial charge in [0.1, 0.15) is 0 Å². The molecule has 4 heteroatoms. The van der Waals surface area contributed by atoms with E-state index in [1.54, 1.807) is 0 Å². The highest BCUT2D eigenvalue weighted by atomic mass is 16.4. The van der Waals surface area contributed by atoms with Gasteiger partial charge in [-0.1, -0.05) is 63.3 Å². The topological polar surface area (TPSA) is 77.8 Å². The van der Waals surface area contributed by atoms with Gasteiger partial charge in [0, 0.05) is 12.3 Å². The number of carbonyl (C=O) groups is 1. The molecule has 2 fully saturated rings. The molecule has 6 atom stereocenters. The number of allylic oxidation sites excluding steroid dienone is 2. The summed E-state index contributed by atoms with van der Waals surface area (Å²) < 4.78 is 0. The smallest absolute Gasteiger partial charge is 0.303 e. The molecule has 2 aliphatic rings. The van der Waals surface area contributed by atoms with E-state index in [0.717, 1.165) is 38.5 Å². The minimum atomic E-state index is -0.728. The lowest BCUT2D eigenvalue weighted by atomic mass is 9.88. The second-order valence-corrected chi connectivity index (χ2v) is 8.90. The normalized spacial score (nSPS) is 30.8. The van der Waals surface area contributed by atoms with Crippen molar-refractivity contribution in [1.29, 1.82) is 0 Å². The molecule has 0 aromatic rings. The zero-order valence-corrected chi connectivity index (χ0v) is 17.7. The lowest BCUT2D eigenvalue weighted by Gasteiger charge is -2.21. The second-order valence-electron chi connectivity index (χ2n) is 8.90. The monoisotopic (exact) mass is 392 g/mol. The van der Waals surface area contributed by atoms with Crippen molar-refractivity contribution in [2.75, 3.05) is 0 Å². The average molecular weight is 393 g/mol. The average Bonchev–Trinajstić information content (AvgIpc) is 3.17. The minimum Gasteiger partial charge on any atom is -0.481 e. The number of hydrogen-bond acceptors (Lipinski definition) is 3. The molecule has 0 aromatic carbocycles. The molecule has 1 unspecified atom stereocenters. The van der Waals surface area contributed by atoms with E-state index in [1.807, 2.05) is 6.08 Å². The van der Waals surface area contributed by atoms with E-state index in [4.69, 9.17) is 5.11 Å². The number of unbranched alkanes of at least 4 members (excludes halogenated alkanes) is 3. The molecule has 0 aliphatic heterocycles. The Morgan fingerprint density at radius 1 is 1.21 bits per heavy atom. The van der Waals surface area contributed by atoms with Crippen LogP contribution in [0.15, 0.2) is 23.8 Å². The Hall–Kier alpha value is -1.13. The fourth-order valence-corrected chi connectivity index (χ4v) is 5.17. The number of rotatable bonds is 12. The maximum atomic E-state index is 10.6. The van der Waals surface area contributed by atoms with E-state index in [0.29, 0.717) is 24.2 Å². The van der Waals surface area contributed by atoms with Crippen molar-refractivity contribution in [1.82, 2.24) is 0 Å². The molecule has 0 bridgehead atoms. The quantitative estimate of drug-likeness (QED) is 0.319. The summed E-state index contributed by atoms with van der Waals surface area (Å²) in [5.41, 5.74) is 1.43. The van der Waals surface area contributed by atoms with Gasteiger partial charge in [-0.05, 0) is 56.3 Å². The van der Waals surface area contributed by atoms with Crippen molar-refractivity contribution in [3.8, 4) is 0 Å². The first-order valence-corrected chi connectivity index (χ1v) is 11.4. The number of aliphatic hydroxyl groups is 2. The number of hydrogen-bond donors (Lipinski definition) is 3. The van der Waals surface area contributed by atoms with Crippen LogP contribution in [0.4, 0.5) is 0 Å². The zero-order valence-electron chi connectivity index (χ0n) is 17.7. The number of aliphatic hydroxyl groups excluding tert-OH is 2. The van der Waals surface area contributed by atoms with Gasteiger partial charge in [0.25, 0.3) is 0 Å². The Balaban J connectivity index is 1.88. The van der Waals surface area contributed by atoms with Crippen molar-refractivity contribution >= 4 is 5.97 Å². The number of fused-ring (bicyclic) bond motifs is 1. The third-order valence-electron chi connectivity index (χ3n) is 6.85. The minimum absolute atomic E-state index is 0.137. The molecule has 0 heterocycles. The fourth-order valence-electron chi connectivity index (χ4n) is 5.17. The molecule has 28 heavy (non-hydrogen) atoms. The summed E-state index contributed by atoms with van der Waals surface area (Å²) in [7, 11) is 0. The highest BCUT2D eigenvalue weighted by Gasteiger charge is 2.45. The molecule has 4 nitrogen and oxygen atoms in total. The molecule has 0 spiro atoms. The molecule has 0 amide bonds. The molecular formula is C24H40O4. The molecule has 0 aromatic heterocycles. The van der Waals surface area contributed by atoms with Gasteiger partial charge in [-0.2, -0.15) is 0 Å². The third-order valence-corrected chi connectivity index (χ3v) is 6.85. The van der Waals surface area contributed by atoms with Crippen molar-refractivity contribution in [3.63, 3.8) is 0 Å². The first kappa shape index (κ1) is 23.2. The van der Waals surface area contributed by atoms with E-state index in [-0.39, 0.29) is 18.4 Å². The van der Waals surface area contributed by atoms with Crippen LogP contribution in [0.1, 0.15) is 84.5 Å². The van der Waals surface area contributed by atoms with Crippen LogP contribution in [0, 0.1) is 23.7 Å². The first-order valence-electron chi connectivity index (χ1n) is 11.4. The van der Waals surface area contributed by atoms with E-state index in [2.05, 4.69) is 26.0 Å². The Morgan fingerprint density at radius 2 is 2.00 bits per heavy atom. The van der Waals surface area contributed by atoms with Crippen LogP contribution >= 0.6 is 0 Å². The van der Waals surface area contributed by atoms with Crippen molar-refractivity contribution in [3.05, 3.63) is 23.8 Å². The summed E-state index contributed by atoms with van der Waals surface area (Å²) >= 11 is 0. The van der Waals surface area contributed by atoms with Crippen LogP contribution in [-0.2, 0) is 4.79 Å². The summed E-state index contributed by atoms with van der Waals surface area (Å²) in [5, 5.41) is 29.9. The summed E-state index contributed by atoms with van der Waals surface area (Å²) in [6, 6.07) is 0. The van der Waals surface area contributed by atoms with Gasteiger partial charge < -0.3 is 15.3 Å². The number of carboxylic acid groups (broad SMARTS) is 1. The summed E-state index contributed by atoms with van der Waals surface area (Å²) in [5.74, 6) is 0.708. The van der Waals surface area contributed by atoms with E-state index < -0.39 is 12.1 Å². The molecule has 160 valence electrons. The van der Waals surface area contributed by atoms with E-state index >= 15 is 0 Å². The largest absolute Gasteiger partial charge is 0.481 e. The van der Waals surface area contributed by atoms with Crippen LogP contribution < -0.4 is 0 Å². The van der Waals surface area contributed by atoms with Crippen LogP contribution in [0.2, 0.25) is 0 Å². The van der Waals surface area contributed by atoms with Crippen molar-refractivity contribution < 1.29 is 20.1 Å². The predicted octanol–water partition coefficient (Wildman–Crippen LogP) is 5.10. The fraction of sp³-hybridized carbons (Fsp3) is 0.792. The van der Waals surface area contributed by atoms with Gasteiger partial charge in [-0.15, -0.1) is 0 Å². The van der Waals surface area contributed by atoms with E-state index in [1.165, 1.54) is 24.8 Å². The molecular weight excluding hydrogens is 352 g/mol. The third kappa shape index (κ3) is 6.73. The van der Waals surface area contributed by atoms with Gasteiger partial charge in [-0.3, -0.25) is 4.79 Å².